The normalized spacial score (nSPS) is 12.0. The quantitative estimate of drug-likeness (QED) is 0.722. The molecule has 1 rings (SSSR count). The first kappa shape index (κ1) is 8.75. The number of rotatable bonds is 2. The summed E-state index contributed by atoms with van der Waals surface area (Å²) in [5, 5.41) is 0. The van der Waals surface area contributed by atoms with E-state index in [2.05, 4.69) is 32.9 Å². The maximum atomic E-state index is 5.88. The minimum atomic E-state index is -0.0721. The molecular formula is C9H15NS. The Hall–Kier alpha value is -0.340. The standard InChI is InChI=1S/C9H15NS/c1-7-4-5-8(11-7)6-9(2,3)10/h4-5H,6,10H2,1-3H3. The summed E-state index contributed by atoms with van der Waals surface area (Å²) in [6, 6.07) is 4.31. The maximum absolute atomic E-state index is 5.88. The lowest BCUT2D eigenvalue weighted by Gasteiger charge is -2.16. The van der Waals surface area contributed by atoms with Crippen molar-refractivity contribution >= 4 is 11.3 Å². The zero-order chi connectivity index (χ0) is 8.48. The summed E-state index contributed by atoms with van der Waals surface area (Å²) >= 11 is 1.83. The highest BCUT2D eigenvalue weighted by atomic mass is 32.1. The van der Waals surface area contributed by atoms with Crippen LogP contribution in [0.2, 0.25) is 0 Å². The molecule has 0 unspecified atom stereocenters. The highest BCUT2D eigenvalue weighted by molar-refractivity contribution is 7.11. The number of nitrogens with two attached hydrogens (primary N) is 1. The van der Waals surface area contributed by atoms with E-state index in [4.69, 9.17) is 5.73 Å². The van der Waals surface area contributed by atoms with Gasteiger partial charge >= 0.3 is 0 Å². The van der Waals surface area contributed by atoms with Crippen molar-refractivity contribution in [2.45, 2.75) is 32.7 Å². The largest absolute Gasteiger partial charge is 0.325 e. The molecule has 0 aliphatic heterocycles. The third-order valence-corrected chi connectivity index (χ3v) is 2.43. The van der Waals surface area contributed by atoms with Gasteiger partial charge in [0.15, 0.2) is 0 Å². The fraction of sp³-hybridized carbons (Fsp3) is 0.556. The Balaban J connectivity index is 2.65. The second kappa shape index (κ2) is 2.95. The highest BCUT2D eigenvalue weighted by Crippen LogP contribution is 2.19. The Labute approximate surface area is 72.2 Å². The molecule has 1 heterocycles. The fourth-order valence-corrected chi connectivity index (χ4v) is 2.16. The molecule has 0 fully saturated rings. The van der Waals surface area contributed by atoms with Gasteiger partial charge in [-0.15, -0.1) is 11.3 Å². The van der Waals surface area contributed by atoms with Crippen LogP contribution in [0.1, 0.15) is 23.6 Å². The monoisotopic (exact) mass is 169 g/mol. The van der Waals surface area contributed by atoms with Crippen LogP contribution in [0.5, 0.6) is 0 Å². The van der Waals surface area contributed by atoms with Crippen molar-refractivity contribution in [2.75, 3.05) is 0 Å². The first-order chi connectivity index (χ1) is 4.97. The molecule has 0 bridgehead atoms. The van der Waals surface area contributed by atoms with Gasteiger partial charge in [-0.1, -0.05) is 0 Å². The number of hydrogen-bond acceptors (Lipinski definition) is 2. The lowest BCUT2D eigenvalue weighted by Crippen LogP contribution is -2.33. The van der Waals surface area contributed by atoms with Gasteiger partial charge < -0.3 is 5.73 Å². The predicted molar refractivity (Wildman–Crippen MR) is 51.0 cm³/mol. The second-order valence-corrected chi connectivity index (χ2v) is 5.05. The molecule has 1 nitrogen and oxygen atoms in total. The second-order valence-electron chi connectivity index (χ2n) is 3.68. The van der Waals surface area contributed by atoms with E-state index >= 15 is 0 Å². The molecule has 0 saturated carbocycles. The molecule has 0 amide bonds. The highest BCUT2D eigenvalue weighted by Gasteiger charge is 2.12. The van der Waals surface area contributed by atoms with E-state index in [-0.39, 0.29) is 5.54 Å². The predicted octanol–water partition coefficient (Wildman–Crippen LogP) is 2.34. The number of thiophene rings is 1. The van der Waals surface area contributed by atoms with Gasteiger partial charge in [0, 0.05) is 15.3 Å². The zero-order valence-electron chi connectivity index (χ0n) is 7.35. The maximum Gasteiger partial charge on any atom is 0.0145 e. The molecule has 1 aromatic heterocycles. The molecule has 62 valence electrons. The van der Waals surface area contributed by atoms with Crippen LogP contribution < -0.4 is 5.73 Å². The fourth-order valence-electron chi connectivity index (χ4n) is 1.03. The van der Waals surface area contributed by atoms with E-state index in [0.29, 0.717) is 0 Å². The van der Waals surface area contributed by atoms with Crippen LogP contribution in [0.15, 0.2) is 12.1 Å². The smallest absolute Gasteiger partial charge is 0.0145 e. The van der Waals surface area contributed by atoms with Crippen molar-refractivity contribution in [3.63, 3.8) is 0 Å². The summed E-state index contributed by atoms with van der Waals surface area (Å²) in [5.74, 6) is 0. The Bertz CT molecular complexity index is 232. The topological polar surface area (TPSA) is 26.0 Å². The summed E-state index contributed by atoms with van der Waals surface area (Å²) in [6.07, 6.45) is 0.978. The lowest BCUT2D eigenvalue weighted by molar-refractivity contribution is 0.521. The van der Waals surface area contributed by atoms with E-state index in [1.165, 1.54) is 9.75 Å². The van der Waals surface area contributed by atoms with Crippen molar-refractivity contribution in [1.82, 2.24) is 0 Å². The third kappa shape index (κ3) is 3.04. The van der Waals surface area contributed by atoms with Crippen molar-refractivity contribution in [2.24, 2.45) is 5.73 Å². The Morgan fingerprint density at radius 2 is 2.09 bits per heavy atom. The molecule has 0 aromatic carbocycles. The van der Waals surface area contributed by atoms with E-state index in [1.807, 2.05) is 11.3 Å². The van der Waals surface area contributed by atoms with Gasteiger partial charge in [0.2, 0.25) is 0 Å². The molecule has 11 heavy (non-hydrogen) atoms. The summed E-state index contributed by atoms with van der Waals surface area (Å²) in [4.78, 5) is 2.75. The van der Waals surface area contributed by atoms with Gasteiger partial charge in [-0.2, -0.15) is 0 Å². The van der Waals surface area contributed by atoms with Crippen molar-refractivity contribution in [3.05, 3.63) is 21.9 Å². The van der Waals surface area contributed by atoms with Gasteiger partial charge in [-0.05, 0) is 39.3 Å². The minimum absolute atomic E-state index is 0.0721. The van der Waals surface area contributed by atoms with Crippen LogP contribution in [0.4, 0.5) is 0 Å². The van der Waals surface area contributed by atoms with Gasteiger partial charge in [0.1, 0.15) is 0 Å². The van der Waals surface area contributed by atoms with Crippen LogP contribution in [-0.2, 0) is 6.42 Å². The summed E-state index contributed by atoms with van der Waals surface area (Å²) in [6.45, 7) is 6.24. The van der Waals surface area contributed by atoms with Crippen LogP contribution in [-0.4, -0.2) is 5.54 Å². The number of hydrogen-bond donors (Lipinski definition) is 1. The average Bonchev–Trinajstić information content (AvgIpc) is 2.10. The van der Waals surface area contributed by atoms with Gasteiger partial charge in [0.05, 0.1) is 0 Å². The van der Waals surface area contributed by atoms with Crippen LogP contribution in [0.25, 0.3) is 0 Å². The zero-order valence-corrected chi connectivity index (χ0v) is 8.16. The van der Waals surface area contributed by atoms with Crippen molar-refractivity contribution in [3.8, 4) is 0 Å². The number of aryl methyl sites for hydroxylation is 1. The minimum Gasteiger partial charge on any atom is -0.325 e. The van der Waals surface area contributed by atoms with Crippen molar-refractivity contribution in [1.29, 1.82) is 0 Å². The summed E-state index contributed by atoms with van der Waals surface area (Å²) < 4.78 is 0. The first-order valence-corrected chi connectivity index (χ1v) is 4.63. The Morgan fingerprint density at radius 3 is 2.45 bits per heavy atom. The first-order valence-electron chi connectivity index (χ1n) is 3.81. The lowest BCUT2D eigenvalue weighted by atomic mass is 10.0. The molecule has 0 atom stereocenters. The van der Waals surface area contributed by atoms with Crippen LogP contribution in [0, 0.1) is 6.92 Å². The molecular weight excluding hydrogens is 154 g/mol. The van der Waals surface area contributed by atoms with Gasteiger partial charge in [-0.3, -0.25) is 0 Å². The van der Waals surface area contributed by atoms with E-state index < -0.39 is 0 Å². The van der Waals surface area contributed by atoms with Gasteiger partial charge in [-0.25, -0.2) is 0 Å². The van der Waals surface area contributed by atoms with E-state index in [0.717, 1.165) is 6.42 Å². The molecule has 0 aliphatic rings. The molecule has 1 aromatic rings. The summed E-state index contributed by atoms with van der Waals surface area (Å²) in [5.41, 5.74) is 5.81. The Morgan fingerprint density at radius 1 is 1.45 bits per heavy atom. The van der Waals surface area contributed by atoms with Crippen LogP contribution >= 0.6 is 11.3 Å². The van der Waals surface area contributed by atoms with Gasteiger partial charge in [0.25, 0.3) is 0 Å². The molecule has 0 aliphatic carbocycles. The molecule has 2 heteroatoms. The Kier molecular flexibility index (Phi) is 2.35. The van der Waals surface area contributed by atoms with Crippen molar-refractivity contribution < 1.29 is 0 Å². The van der Waals surface area contributed by atoms with E-state index in [9.17, 15) is 0 Å². The van der Waals surface area contributed by atoms with Crippen LogP contribution in [0.3, 0.4) is 0 Å². The molecule has 2 N–H and O–H groups in total. The summed E-state index contributed by atoms with van der Waals surface area (Å²) in [7, 11) is 0. The molecule has 0 spiro atoms. The third-order valence-electron chi connectivity index (χ3n) is 1.43. The molecule has 0 saturated heterocycles. The SMILES string of the molecule is Cc1ccc(CC(C)(C)N)s1. The molecule has 0 radical (unpaired) electrons. The average molecular weight is 169 g/mol. The van der Waals surface area contributed by atoms with E-state index in [1.54, 1.807) is 0 Å².